The molecule has 0 bridgehead atoms. The molecule has 0 unspecified atom stereocenters. The summed E-state index contributed by atoms with van der Waals surface area (Å²) >= 11 is 6.07. The largest absolute Gasteiger partial charge is 0.368 e. The van der Waals surface area contributed by atoms with Gasteiger partial charge < -0.3 is 10.2 Å². The number of fused-ring (bicyclic) bond motifs is 2. The summed E-state index contributed by atoms with van der Waals surface area (Å²) < 4.78 is 32.8. The van der Waals surface area contributed by atoms with Crippen LogP contribution in [0, 0.1) is 0 Å². The summed E-state index contributed by atoms with van der Waals surface area (Å²) in [6.45, 7) is 3.55. The highest BCUT2D eigenvalue weighted by atomic mass is 35.5. The van der Waals surface area contributed by atoms with E-state index in [1.807, 2.05) is 18.2 Å². The average molecular weight is 418 g/mol. The maximum atomic E-state index is 13.4. The number of rotatable bonds is 3. The number of hydrogen-bond acceptors (Lipinski definition) is 7. The van der Waals surface area contributed by atoms with Crippen LogP contribution in [0.15, 0.2) is 52.1 Å². The quantitative estimate of drug-likeness (QED) is 0.547. The first-order chi connectivity index (χ1) is 13.6. The second-order valence-electron chi connectivity index (χ2n) is 6.57. The maximum Gasteiger partial charge on any atom is 0.270 e. The number of halogens is 1. The van der Waals surface area contributed by atoms with Crippen molar-refractivity contribution in [2.75, 3.05) is 31.1 Å². The number of hydrogen-bond donors (Lipinski definition) is 1. The van der Waals surface area contributed by atoms with Crippen molar-refractivity contribution in [1.29, 1.82) is 0 Å². The zero-order valence-corrected chi connectivity index (χ0v) is 16.2. The van der Waals surface area contributed by atoms with Crippen molar-refractivity contribution >= 4 is 49.2 Å². The maximum absolute atomic E-state index is 13.4. The topological polar surface area (TPSA) is 93.3 Å². The average Bonchev–Trinajstić information content (AvgIpc) is 3.36. The molecule has 4 aromatic rings. The van der Waals surface area contributed by atoms with Crippen molar-refractivity contribution < 1.29 is 13.0 Å². The first-order valence-corrected chi connectivity index (χ1v) is 10.6. The van der Waals surface area contributed by atoms with Crippen LogP contribution in [0.1, 0.15) is 0 Å². The Bertz CT molecular complexity index is 1290. The molecule has 0 radical (unpaired) electrons. The summed E-state index contributed by atoms with van der Waals surface area (Å²) in [4.78, 5) is 2.26. The fraction of sp³-hybridized carbons (Fsp3) is 0.222. The van der Waals surface area contributed by atoms with Crippen LogP contribution in [0.3, 0.4) is 0 Å². The van der Waals surface area contributed by atoms with Crippen LogP contribution in [-0.2, 0) is 10.0 Å². The van der Waals surface area contributed by atoms with Gasteiger partial charge in [-0.3, -0.25) is 0 Å². The third-order valence-electron chi connectivity index (χ3n) is 5.00. The molecule has 5 rings (SSSR count). The molecular weight excluding hydrogens is 402 g/mol. The van der Waals surface area contributed by atoms with Crippen molar-refractivity contribution in [3.05, 3.63) is 47.6 Å². The van der Waals surface area contributed by atoms with Crippen molar-refractivity contribution in [3.8, 4) is 0 Å². The second kappa shape index (κ2) is 6.47. The van der Waals surface area contributed by atoms with E-state index in [9.17, 15) is 8.42 Å². The highest BCUT2D eigenvalue weighted by molar-refractivity contribution is 7.90. The summed E-state index contributed by atoms with van der Waals surface area (Å²) in [5, 5.41) is 12.0. The predicted octanol–water partition coefficient (Wildman–Crippen LogP) is 2.48. The third kappa shape index (κ3) is 2.58. The summed E-state index contributed by atoms with van der Waals surface area (Å²) in [6, 6.07) is 10.4. The zero-order valence-electron chi connectivity index (χ0n) is 14.7. The summed E-state index contributed by atoms with van der Waals surface area (Å²) in [5.41, 5.74) is 1.97. The fourth-order valence-electron chi connectivity index (χ4n) is 3.65. The van der Waals surface area contributed by atoms with Gasteiger partial charge in [0, 0.05) is 43.4 Å². The fourth-order valence-corrected chi connectivity index (χ4v) is 5.30. The van der Waals surface area contributed by atoms with Gasteiger partial charge in [0.1, 0.15) is 4.90 Å². The van der Waals surface area contributed by atoms with Crippen LogP contribution in [0.5, 0.6) is 0 Å². The Morgan fingerprint density at radius 1 is 1.04 bits per heavy atom. The molecule has 0 spiro atoms. The SMILES string of the molecule is O=S(=O)(c1ccc(Cl)c2nonc12)n1ccc2c(N3CCNCC3)cccc21. The van der Waals surface area contributed by atoms with Gasteiger partial charge in [-0.25, -0.2) is 17.0 Å². The molecule has 1 fully saturated rings. The van der Waals surface area contributed by atoms with Crippen LogP contribution in [0.2, 0.25) is 5.02 Å². The lowest BCUT2D eigenvalue weighted by atomic mass is 10.2. The number of nitrogens with one attached hydrogen (secondary N) is 1. The van der Waals surface area contributed by atoms with Crippen LogP contribution in [-0.4, -0.2) is 48.9 Å². The lowest BCUT2D eigenvalue weighted by molar-refractivity contribution is 0.315. The van der Waals surface area contributed by atoms with Gasteiger partial charge in [-0.2, -0.15) is 0 Å². The van der Waals surface area contributed by atoms with E-state index in [-0.39, 0.29) is 21.0 Å². The molecule has 10 heteroatoms. The highest BCUT2D eigenvalue weighted by Gasteiger charge is 2.26. The van der Waals surface area contributed by atoms with E-state index in [1.54, 1.807) is 12.3 Å². The van der Waals surface area contributed by atoms with Crippen molar-refractivity contribution in [2.24, 2.45) is 0 Å². The number of benzene rings is 2. The van der Waals surface area contributed by atoms with Crippen LogP contribution >= 0.6 is 11.6 Å². The van der Waals surface area contributed by atoms with E-state index in [4.69, 9.17) is 16.2 Å². The minimum absolute atomic E-state index is 0.00164. The molecule has 8 nitrogen and oxygen atoms in total. The van der Waals surface area contributed by atoms with E-state index < -0.39 is 10.0 Å². The van der Waals surface area contributed by atoms with Gasteiger partial charge in [-0.1, -0.05) is 17.7 Å². The van der Waals surface area contributed by atoms with E-state index in [0.717, 1.165) is 37.3 Å². The van der Waals surface area contributed by atoms with Crippen LogP contribution < -0.4 is 10.2 Å². The molecule has 1 aliphatic heterocycles. The molecule has 1 saturated heterocycles. The van der Waals surface area contributed by atoms with E-state index in [2.05, 4.69) is 20.5 Å². The molecule has 0 aliphatic carbocycles. The Morgan fingerprint density at radius 2 is 1.82 bits per heavy atom. The normalized spacial score (nSPS) is 15.5. The molecule has 28 heavy (non-hydrogen) atoms. The Morgan fingerprint density at radius 3 is 2.64 bits per heavy atom. The van der Waals surface area contributed by atoms with Gasteiger partial charge >= 0.3 is 0 Å². The molecule has 2 aromatic heterocycles. The Balaban J connectivity index is 1.68. The van der Waals surface area contributed by atoms with Crippen molar-refractivity contribution in [2.45, 2.75) is 4.90 Å². The van der Waals surface area contributed by atoms with Gasteiger partial charge in [0.05, 0.1) is 10.5 Å². The molecular formula is C18H16ClN5O3S. The summed E-state index contributed by atoms with van der Waals surface area (Å²) in [7, 11) is -3.92. The van der Waals surface area contributed by atoms with E-state index in [1.165, 1.54) is 16.1 Å². The van der Waals surface area contributed by atoms with Gasteiger partial charge in [-0.05, 0) is 40.6 Å². The molecule has 3 heterocycles. The van der Waals surface area contributed by atoms with Gasteiger partial charge in [0.25, 0.3) is 10.0 Å². The molecule has 144 valence electrons. The molecule has 0 saturated carbocycles. The monoisotopic (exact) mass is 417 g/mol. The summed E-state index contributed by atoms with van der Waals surface area (Å²) in [6.07, 6.45) is 1.57. The first-order valence-electron chi connectivity index (χ1n) is 8.79. The van der Waals surface area contributed by atoms with Crippen molar-refractivity contribution in [3.63, 3.8) is 0 Å². The van der Waals surface area contributed by atoms with Gasteiger partial charge in [0.2, 0.25) is 0 Å². The number of aromatic nitrogens is 3. The third-order valence-corrected chi connectivity index (χ3v) is 7.02. The molecule has 2 aromatic carbocycles. The van der Waals surface area contributed by atoms with Crippen molar-refractivity contribution in [1.82, 2.24) is 19.6 Å². The Kier molecular flexibility index (Phi) is 4.04. The Hall–Kier alpha value is -2.62. The summed E-state index contributed by atoms with van der Waals surface area (Å²) in [5.74, 6) is 0. The predicted molar refractivity (Wildman–Crippen MR) is 106 cm³/mol. The number of anilines is 1. The second-order valence-corrected chi connectivity index (χ2v) is 8.76. The molecule has 1 N–H and O–H groups in total. The lowest BCUT2D eigenvalue weighted by Crippen LogP contribution is -2.43. The first kappa shape index (κ1) is 17.5. The minimum Gasteiger partial charge on any atom is -0.368 e. The molecule has 1 aliphatic rings. The van der Waals surface area contributed by atoms with Gasteiger partial charge in [0.15, 0.2) is 11.0 Å². The van der Waals surface area contributed by atoms with Gasteiger partial charge in [-0.15, -0.1) is 0 Å². The zero-order chi connectivity index (χ0) is 19.3. The number of nitrogens with zero attached hydrogens (tertiary/aromatic N) is 4. The molecule has 0 atom stereocenters. The van der Waals surface area contributed by atoms with E-state index in [0.29, 0.717) is 5.52 Å². The standard InChI is InChI=1S/C18H16ClN5O3S/c19-13-4-5-16(18-17(13)21-27-22-18)28(25,26)24-9-6-12-14(2-1-3-15(12)24)23-10-7-20-8-11-23/h1-6,9,20H,7-8,10-11H2. The van der Waals surface area contributed by atoms with Crippen LogP contribution in [0.25, 0.3) is 21.9 Å². The highest BCUT2D eigenvalue weighted by Crippen LogP contribution is 2.33. The minimum atomic E-state index is -3.92. The smallest absolute Gasteiger partial charge is 0.270 e. The Labute approximate surface area is 165 Å². The molecule has 0 amide bonds. The van der Waals surface area contributed by atoms with E-state index >= 15 is 0 Å². The van der Waals surface area contributed by atoms with Crippen LogP contribution in [0.4, 0.5) is 5.69 Å². The lowest BCUT2D eigenvalue weighted by Gasteiger charge is -2.30. The number of piperazine rings is 1.